The molecule has 132 valence electrons. The molecule has 0 bridgehead atoms. The molecule has 2 aliphatic heterocycles. The molecule has 1 aromatic carbocycles. The maximum absolute atomic E-state index is 12.6. The Morgan fingerprint density at radius 2 is 2.08 bits per heavy atom. The Morgan fingerprint density at radius 1 is 1.28 bits per heavy atom. The highest BCUT2D eigenvalue weighted by Gasteiger charge is 2.29. The fourth-order valence-electron chi connectivity index (χ4n) is 3.55. The van der Waals surface area contributed by atoms with Crippen LogP contribution < -0.4 is 15.5 Å². The minimum Gasteiger partial charge on any atom is -0.349 e. The minimum absolute atomic E-state index is 0.00163. The lowest BCUT2D eigenvalue weighted by atomic mass is 10.0. The van der Waals surface area contributed by atoms with Crippen molar-refractivity contribution < 1.29 is 9.59 Å². The molecule has 25 heavy (non-hydrogen) atoms. The van der Waals surface area contributed by atoms with E-state index in [9.17, 15) is 9.59 Å². The summed E-state index contributed by atoms with van der Waals surface area (Å²) in [4.78, 5) is 26.6. The van der Waals surface area contributed by atoms with Gasteiger partial charge in [-0.15, -0.1) is 0 Å². The summed E-state index contributed by atoms with van der Waals surface area (Å²) >= 11 is 0. The zero-order valence-electron chi connectivity index (χ0n) is 14.4. The molecule has 2 heterocycles. The molecule has 3 aliphatic rings. The van der Waals surface area contributed by atoms with Crippen molar-refractivity contribution in [2.45, 2.75) is 44.2 Å². The minimum atomic E-state index is -0.0590. The van der Waals surface area contributed by atoms with Crippen LogP contribution in [0, 0.1) is 5.92 Å². The van der Waals surface area contributed by atoms with E-state index in [1.54, 1.807) is 6.08 Å². The molecular weight excluding hydrogens is 314 g/mol. The molecule has 5 nitrogen and oxygen atoms in total. The van der Waals surface area contributed by atoms with Crippen LogP contribution in [0.2, 0.25) is 0 Å². The molecule has 2 amide bonds. The molecule has 1 saturated carbocycles. The van der Waals surface area contributed by atoms with E-state index in [1.807, 2.05) is 29.2 Å². The smallest absolute Gasteiger partial charge is 0.250 e. The van der Waals surface area contributed by atoms with Crippen molar-refractivity contribution in [3.8, 4) is 0 Å². The second kappa shape index (κ2) is 7.00. The number of nitrogens with one attached hydrogen (secondary N) is 2. The number of hydrogen-bond acceptors (Lipinski definition) is 3. The summed E-state index contributed by atoms with van der Waals surface area (Å²) in [6.07, 6.45) is 8.73. The van der Waals surface area contributed by atoms with Crippen LogP contribution in [0.4, 0.5) is 5.69 Å². The number of para-hydroxylation sites is 1. The van der Waals surface area contributed by atoms with Crippen molar-refractivity contribution in [1.82, 2.24) is 10.6 Å². The second-order valence-electron chi connectivity index (χ2n) is 7.32. The predicted octanol–water partition coefficient (Wildman–Crippen LogP) is 1.78. The van der Waals surface area contributed by atoms with Crippen molar-refractivity contribution in [2.75, 3.05) is 18.0 Å². The highest BCUT2D eigenvalue weighted by molar-refractivity contribution is 6.03. The standard InChI is InChI=1S/C20H25N3O2/c24-19(23-12-10-15-3-1-2-4-18(15)23)8-7-16(13-14-5-6-14)22-20(25)17-9-11-21-17/h1-4,7-8,14,16-17,21H,5-6,9-13H2,(H,22,25)/t16-,17+/m1/s1. The van der Waals surface area contributed by atoms with Crippen LogP contribution in [0.1, 0.15) is 31.2 Å². The fraction of sp³-hybridized carbons (Fsp3) is 0.500. The normalized spacial score (nSPS) is 23.2. The number of carbonyl (C=O) groups excluding carboxylic acids is 2. The number of benzene rings is 1. The van der Waals surface area contributed by atoms with Crippen molar-refractivity contribution in [3.05, 3.63) is 42.0 Å². The van der Waals surface area contributed by atoms with Crippen LogP contribution in [-0.4, -0.2) is 37.0 Å². The molecule has 0 aromatic heterocycles. The van der Waals surface area contributed by atoms with Gasteiger partial charge in [-0.1, -0.05) is 37.1 Å². The van der Waals surface area contributed by atoms with E-state index >= 15 is 0 Å². The number of carbonyl (C=O) groups is 2. The average Bonchev–Trinajstić information content (AvgIpc) is 3.26. The molecule has 1 aliphatic carbocycles. The van der Waals surface area contributed by atoms with Crippen LogP contribution in [0.15, 0.2) is 36.4 Å². The van der Waals surface area contributed by atoms with Crippen molar-refractivity contribution in [3.63, 3.8) is 0 Å². The van der Waals surface area contributed by atoms with Gasteiger partial charge < -0.3 is 15.5 Å². The van der Waals surface area contributed by atoms with E-state index in [4.69, 9.17) is 0 Å². The third-order valence-corrected chi connectivity index (χ3v) is 5.38. The van der Waals surface area contributed by atoms with Gasteiger partial charge in [0.05, 0.1) is 6.04 Å². The lowest BCUT2D eigenvalue weighted by Gasteiger charge is -2.28. The first-order chi connectivity index (χ1) is 12.2. The molecule has 4 rings (SSSR count). The van der Waals surface area contributed by atoms with Gasteiger partial charge >= 0.3 is 0 Å². The largest absolute Gasteiger partial charge is 0.349 e. The third-order valence-electron chi connectivity index (χ3n) is 5.38. The van der Waals surface area contributed by atoms with E-state index in [-0.39, 0.29) is 23.9 Å². The number of anilines is 1. The third kappa shape index (κ3) is 3.76. The molecule has 1 aromatic rings. The molecular formula is C20H25N3O2. The van der Waals surface area contributed by atoms with Gasteiger partial charge in [-0.3, -0.25) is 9.59 Å². The van der Waals surface area contributed by atoms with Gasteiger partial charge in [-0.2, -0.15) is 0 Å². The summed E-state index contributed by atoms with van der Waals surface area (Å²) in [5.41, 5.74) is 2.24. The number of hydrogen-bond donors (Lipinski definition) is 2. The van der Waals surface area contributed by atoms with Gasteiger partial charge in [0, 0.05) is 24.4 Å². The Bertz CT molecular complexity index is 692. The second-order valence-corrected chi connectivity index (χ2v) is 7.32. The van der Waals surface area contributed by atoms with E-state index in [0.29, 0.717) is 5.92 Å². The Balaban J connectivity index is 1.40. The van der Waals surface area contributed by atoms with Crippen molar-refractivity contribution in [2.24, 2.45) is 5.92 Å². The zero-order chi connectivity index (χ0) is 17.2. The highest BCUT2D eigenvalue weighted by atomic mass is 16.2. The topological polar surface area (TPSA) is 61.4 Å². The summed E-state index contributed by atoms with van der Waals surface area (Å²) in [5, 5.41) is 6.23. The number of rotatable bonds is 6. The Morgan fingerprint density at radius 3 is 2.80 bits per heavy atom. The molecule has 2 fully saturated rings. The maximum Gasteiger partial charge on any atom is 0.250 e. The summed E-state index contributed by atoms with van der Waals surface area (Å²) < 4.78 is 0. The van der Waals surface area contributed by atoms with Crippen molar-refractivity contribution in [1.29, 1.82) is 0 Å². The molecule has 5 heteroatoms. The van der Waals surface area contributed by atoms with Crippen LogP contribution >= 0.6 is 0 Å². The maximum atomic E-state index is 12.6. The Hall–Kier alpha value is -2.14. The number of amides is 2. The van der Waals surface area contributed by atoms with Gasteiger partial charge in [0.15, 0.2) is 0 Å². The first kappa shape index (κ1) is 16.3. The summed E-state index contributed by atoms with van der Waals surface area (Å²) in [6.45, 7) is 1.64. The Kier molecular flexibility index (Phi) is 4.57. The van der Waals surface area contributed by atoms with Crippen LogP contribution in [-0.2, 0) is 16.0 Å². The molecule has 0 radical (unpaired) electrons. The van der Waals surface area contributed by atoms with Crippen LogP contribution in [0.25, 0.3) is 0 Å². The Labute approximate surface area is 148 Å². The molecule has 0 unspecified atom stereocenters. The van der Waals surface area contributed by atoms with Crippen LogP contribution in [0.5, 0.6) is 0 Å². The van der Waals surface area contributed by atoms with Gasteiger partial charge in [-0.05, 0) is 43.4 Å². The number of nitrogens with zero attached hydrogens (tertiary/aromatic N) is 1. The van der Waals surface area contributed by atoms with Crippen molar-refractivity contribution >= 4 is 17.5 Å². The van der Waals surface area contributed by atoms with Gasteiger partial charge in [-0.25, -0.2) is 0 Å². The molecule has 2 N–H and O–H groups in total. The quantitative estimate of drug-likeness (QED) is 0.777. The lowest BCUT2D eigenvalue weighted by Crippen LogP contribution is -2.54. The predicted molar refractivity (Wildman–Crippen MR) is 97.3 cm³/mol. The van der Waals surface area contributed by atoms with E-state index < -0.39 is 0 Å². The summed E-state index contributed by atoms with van der Waals surface area (Å²) in [5.74, 6) is 0.745. The molecule has 1 saturated heterocycles. The van der Waals surface area contributed by atoms with E-state index in [2.05, 4.69) is 16.7 Å². The van der Waals surface area contributed by atoms with Gasteiger partial charge in [0.1, 0.15) is 0 Å². The zero-order valence-corrected chi connectivity index (χ0v) is 14.4. The SMILES string of the molecule is O=C(N[C@H](C=CC(=O)N1CCc2ccccc21)CC1CC1)[C@@H]1CCN1. The summed E-state index contributed by atoms with van der Waals surface area (Å²) in [7, 11) is 0. The first-order valence-corrected chi connectivity index (χ1v) is 9.32. The first-order valence-electron chi connectivity index (χ1n) is 9.32. The van der Waals surface area contributed by atoms with E-state index in [1.165, 1.54) is 18.4 Å². The van der Waals surface area contributed by atoms with Crippen LogP contribution in [0.3, 0.4) is 0 Å². The van der Waals surface area contributed by atoms with E-state index in [0.717, 1.165) is 38.0 Å². The average molecular weight is 339 g/mol. The monoisotopic (exact) mass is 339 g/mol. The van der Waals surface area contributed by atoms with Gasteiger partial charge in [0.2, 0.25) is 5.91 Å². The fourth-order valence-corrected chi connectivity index (χ4v) is 3.55. The highest BCUT2D eigenvalue weighted by Crippen LogP contribution is 2.34. The molecule has 0 spiro atoms. The number of fused-ring (bicyclic) bond motifs is 1. The summed E-state index contributed by atoms with van der Waals surface area (Å²) in [6, 6.07) is 7.95. The lowest BCUT2D eigenvalue weighted by molar-refractivity contribution is -0.125. The molecule has 2 atom stereocenters. The van der Waals surface area contributed by atoms with Gasteiger partial charge in [0.25, 0.3) is 5.91 Å².